The van der Waals surface area contributed by atoms with Crippen molar-refractivity contribution >= 4 is 16.8 Å². The van der Waals surface area contributed by atoms with E-state index in [1.54, 1.807) is 6.92 Å². The standard InChI is InChI=1S/C18H20N4O2/c1-13(23)16-10-15-11-21(8-9-22(15)19-16)18(24)12-20-7-6-14-4-2-3-5-17(14)20/h2-7,10,13,23H,8-9,11-12H2,1H3/t13-/m0/s1. The molecule has 1 atom stereocenters. The van der Waals surface area contributed by atoms with Gasteiger partial charge in [-0.3, -0.25) is 9.48 Å². The molecule has 1 aliphatic heterocycles. The summed E-state index contributed by atoms with van der Waals surface area (Å²) in [5.74, 6) is 0.0994. The average Bonchev–Trinajstić information content (AvgIpc) is 3.18. The topological polar surface area (TPSA) is 63.3 Å². The number of hydrogen-bond acceptors (Lipinski definition) is 3. The van der Waals surface area contributed by atoms with Crippen LogP contribution in [0.2, 0.25) is 0 Å². The molecule has 1 aromatic carbocycles. The lowest BCUT2D eigenvalue weighted by atomic mass is 10.2. The highest BCUT2D eigenvalue weighted by atomic mass is 16.3. The van der Waals surface area contributed by atoms with E-state index in [1.807, 2.05) is 56.7 Å². The Morgan fingerprint density at radius 2 is 2.12 bits per heavy atom. The first-order valence-electron chi connectivity index (χ1n) is 8.18. The molecule has 0 bridgehead atoms. The second-order valence-corrected chi connectivity index (χ2v) is 6.28. The molecule has 2 aromatic heterocycles. The Bertz CT molecular complexity index is 893. The van der Waals surface area contributed by atoms with Crippen molar-refractivity contribution in [1.29, 1.82) is 0 Å². The first-order chi connectivity index (χ1) is 11.6. The van der Waals surface area contributed by atoms with Crippen molar-refractivity contribution in [1.82, 2.24) is 19.2 Å². The maximum atomic E-state index is 12.7. The number of aliphatic hydroxyl groups is 1. The first-order valence-corrected chi connectivity index (χ1v) is 8.18. The Morgan fingerprint density at radius 3 is 2.96 bits per heavy atom. The van der Waals surface area contributed by atoms with Crippen molar-refractivity contribution in [2.45, 2.75) is 32.7 Å². The first kappa shape index (κ1) is 15.0. The van der Waals surface area contributed by atoms with Crippen LogP contribution in [-0.2, 0) is 24.4 Å². The Hall–Kier alpha value is -2.60. The normalized spacial score (nSPS) is 15.5. The third-order valence-electron chi connectivity index (χ3n) is 4.58. The minimum atomic E-state index is -0.585. The number of nitrogens with zero attached hydrogens (tertiary/aromatic N) is 4. The zero-order chi connectivity index (χ0) is 16.7. The Kier molecular flexibility index (Phi) is 3.61. The highest BCUT2D eigenvalue weighted by molar-refractivity contribution is 5.83. The molecule has 24 heavy (non-hydrogen) atoms. The zero-order valence-corrected chi connectivity index (χ0v) is 13.6. The SMILES string of the molecule is C[C@H](O)c1cc2n(n1)CCN(C(=O)Cn1ccc3ccccc31)C2. The molecule has 124 valence electrons. The van der Waals surface area contributed by atoms with Gasteiger partial charge in [0.25, 0.3) is 0 Å². The fourth-order valence-corrected chi connectivity index (χ4v) is 3.23. The molecule has 0 radical (unpaired) electrons. The van der Waals surface area contributed by atoms with Crippen LogP contribution < -0.4 is 0 Å². The summed E-state index contributed by atoms with van der Waals surface area (Å²) in [6.45, 7) is 3.89. The van der Waals surface area contributed by atoms with Crippen LogP contribution in [0.5, 0.6) is 0 Å². The molecule has 0 fully saturated rings. The van der Waals surface area contributed by atoms with Crippen molar-refractivity contribution in [3.05, 3.63) is 54.0 Å². The van der Waals surface area contributed by atoms with Gasteiger partial charge in [0.15, 0.2) is 0 Å². The van der Waals surface area contributed by atoms with Gasteiger partial charge in [0.1, 0.15) is 6.54 Å². The molecule has 1 aliphatic rings. The van der Waals surface area contributed by atoms with E-state index in [9.17, 15) is 9.90 Å². The van der Waals surface area contributed by atoms with E-state index in [1.165, 1.54) is 0 Å². The number of aromatic nitrogens is 3. The zero-order valence-electron chi connectivity index (χ0n) is 13.6. The van der Waals surface area contributed by atoms with E-state index in [0.717, 1.165) is 16.6 Å². The van der Waals surface area contributed by atoms with Gasteiger partial charge in [-0.2, -0.15) is 5.10 Å². The summed E-state index contributed by atoms with van der Waals surface area (Å²) >= 11 is 0. The van der Waals surface area contributed by atoms with E-state index in [2.05, 4.69) is 5.10 Å². The molecule has 4 rings (SSSR count). The maximum absolute atomic E-state index is 12.7. The number of hydrogen-bond donors (Lipinski definition) is 1. The summed E-state index contributed by atoms with van der Waals surface area (Å²) < 4.78 is 3.88. The molecule has 0 saturated heterocycles. The minimum absolute atomic E-state index is 0.0994. The van der Waals surface area contributed by atoms with Crippen LogP contribution in [0.1, 0.15) is 24.4 Å². The third kappa shape index (κ3) is 2.59. The highest BCUT2D eigenvalue weighted by Crippen LogP contribution is 2.19. The van der Waals surface area contributed by atoms with Gasteiger partial charge >= 0.3 is 0 Å². The second kappa shape index (κ2) is 5.79. The van der Waals surface area contributed by atoms with Crippen molar-refractivity contribution in [2.75, 3.05) is 6.54 Å². The Labute approximate surface area is 139 Å². The van der Waals surface area contributed by atoms with Crippen LogP contribution in [-0.4, -0.2) is 36.8 Å². The van der Waals surface area contributed by atoms with Gasteiger partial charge < -0.3 is 14.6 Å². The van der Waals surface area contributed by atoms with Gasteiger partial charge in [0, 0.05) is 18.3 Å². The van der Waals surface area contributed by atoms with Crippen molar-refractivity contribution in [3.8, 4) is 0 Å². The van der Waals surface area contributed by atoms with Gasteiger partial charge in [0.05, 0.1) is 30.6 Å². The molecule has 3 aromatic rings. The molecule has 1 amide bonds. The van der Waals surface area contributed by atoms with Crippen molar-refractivity contribution in [3.63, 3.8) is 0 Å². The lowest BCUT2D eigenvalue weighted by Gasteiger charge is -2.28. The summed E-state index contributed by atoms with van der Waals surface area (Å²) in [5, 5.41) is 15.2. The van der Waals surface area contributed by atoms with E-state index in [-0.39, 0.29) is 5.91 Å². The molecule has 0 unspecified atom stereocenters. The molecule has 6 nitrogen and oxygen atoms in total. The van der Waals surface area contributed by atoms with Crippen LogP contribution >= 0.6 is 0 Å². The quantitative estimate of drug-likeness (QED) is 0.801. The fourth-order valence-electron chi connectivity index (χ4n) is 3.23. The predicted octanol–water partition coefficient (Wildman–Crippen LogP) is 1.93. The van der Waals surface area contributed by atoms with E-state index in [4.69, 9.17) is 0 Å². The molecular formula is C18H20N4O2. The number of aliphatic hydroxyl groups excluding tert-OH is 1. The lowest BCUT2D eigenvalue weighted by molar-refractivity contribution is -0.133. The number of benzene rings is 1. The number of fused-ring (bicyclic) bond motifs is 2. The number of amides is 1. The third-order valence-corrected chi connectivity index (χ3v) is 4.58. The van der Waals surface area contributed by atoms with Gasteiger partial charge in [0.2, 0.25) is 5.91 Å². The van der Waals surface area contributed by atoms with Gasteiger partial charge in [-0.15, -0.1) is 0 Å². The molecule has 3 heterocycles. The number of rotatable bonds is 3. The van der Waals surface area contributed by atoms with E-state index >= 15 is 0 Å². The second-order valence-electron chi connectivity index (χ2n) is 6.28. The van der Waals surface area contributed by atoms with Gasteiger partial charge in [-0.1, -0.05) is 18.2 Å². The average molecular weight is 324 g/mol. The summed E-state index contributed by atoms with van der Waals surface area (Å²) in [5.41, 5.74) is 2.71. The summed E-state index contributed by atoms with van der Waals surface area (Å²) in [7, 11) is 0. The number of carbonyl (C=O) groups excluding carboxylic acids is 1. The van der Waals surface area contributed by atoms with Crippen LogP contribution in [0.15, 0.2) is 42.6 Å². The summed E-state index contributed by atoms with van der Waals surface area (Å²) in [6.07, 6.45) is 1.38. The summed E-state index contributed by atoms with van der Waals surface area (Å²) in [6, 6.07) is 12.0. The lowest BCUT2D eigenvalue weighted by Crippen LogP contribution is -2.40. The van der Waals surface area contributed by atoms with Gasteiger partial charge in [-0.05, 0) is 30.5 Å². The largest absolute Gasteiger partial charge is 0.387 e. The molecule has 0 spiro atoms. The van der Waals surface area contributed by atoms with Crippen LogP contribution in [0.4, 0.5) is 0 Å². The Morgan fingerprint density at radius 1 is 1.29 bits per heavy atom. The molecule has 0 aliphatic carbocycles. The van der Waals surface area contributed by atoms with E-state index < -0.39 is 6.10 Å². The Balaban J connectivity index is 1.51. The monoisotopic (exact) mass is 324 g/mol. The van der Waals surface area contributed by atoms with Crippen LogP contribution in [0, 0.1) is 0 Å². The highest BCUT2D eigenvalue weighted by Gasteiger charge is 2.23. The molecule has 0 saturated carbocycles. The predicted molar refractivity (Wildman–Crippen MR) is 90.2 cm³/mol. The summed E-state index contributed by atoms with van der Waals surface area (Å²) in [4.78, 5) is 14.5. The van der Waals surface area contributed by atoms with Crippen LogP contribution in [0.3, 0.4) is 0 Å². The number of para-hydroxylation sites is 1. The van der Waals surface area contributed by atoms with Crippen molar-refractivity contribution in [2.24, 2.45) is 0 Å². The van der Waals surface area contributed by atoms with Crippen molar-refractivity contribution < 1.29 is 9.90 Å². The molecular weight excluding hydrogens is 304 g/mol. The smallest absolute Gasteiger partial charge is 0.242 e. The van der Waals surface area contributed by atoms with Gasteiger partial charge in [-0.25, -0.2) is 0 Å². The molecule has 6 heteroatoms. The van der Waals surface area contributed by atoms with Crippen LogP contribution in [0.25, 0.3) is 10.9 Å². The fraction of sp³-hybridized carbons (Fsp3) is 0.333. The molecule has 1 N–H and O–H groups in total. The minimum Gasteiger partial charge on any atom is -0.387 e. The number of carbonyl (C=O) groups is 1. The van der Waals surface area contributed by atoms with E-state index in [0.29, 0.717) is 31.9 Å². The maximum Gasteiger partial charge on any atom is 0.242 e.